The van der Waals surface area contributed by atoms with E-state index in [9.17, 15) is 0 Å². The van der Waals surface area contributed by atoms with Gasteiger partial charge in [0.15, 0.2) is 5.82 Å². The van der Waals surface area contributed by atoms with Crippen molar-refractivity contribution in [3.8, 4) is 0 Å². The standard InChI is InChI=1S/C9H12ClN5/c1-7-12-2-3-14(7)4-5-15-6-8(10)9(11)13-15/h2-3,6H,4-5H2,1H3,(H2,11,13). The molecular formula is C9H12ClN5. The fraction of sp³-hybridized carbons (Fsp3) is 0.333. The molecule has 0 radical (unpaired) electrons. The van der Waals surface area contributed by atoms with Gasteiger partial charge < -0.3 is 10.3 Å². The van der Waals surface area contributed by atoms with E-state index < -0.39 is 0 Å². The SMILES string of the molecule is Cc1nccn1CCn1cc(Cl)c(N)n1. The van der Waals surface area contributed by atoms with Gasteiger partial charge in [-0.15, -0.1) is 0 Å². The van der Waals surface area contributed by atoms with Gasteiger partial charge in [-0.25, -0.2) is 4.98 Å². The van der Waals surface area contributed by atoms with E-state index >= 15 is 0 Å². The number of anilines is 1. The summed E-state index contributed by atoms with van der Waals surface area (Å²) in [5.41, 5.74) is 5.54. The summed E-state index contributed by atoms with van der Waals surface area (Å²) >= 11 is 5.79. The molecule has 2 heterocycles. The molecule has 15 heavy (non-hydrogen) atoms. The van der Waals surface area contributed by atoms with Gasteiger partial charge in [0.2, 0.25) is 0 Å². The first-order chi connectivity index (χ1) is 7.16. The van der Waals surface area contributed by atoms with Crippen LogP contribution in [0.15, 0.2) is 18.6 Å². The summed E-state index contributed by atoms with van der Waals surface area (Å²) in [4.78, 5) is 4.13. The average Bonchev–Trinajstić information content (AvgIpc) is 2.72. The Hall–Kier alpha value is -1.49. The first kappa shape index (κ1) is 10.0. The lowest BCUT2D eigenvalue weighted by molar-refractivity contribution is 0.527. The largest absolute Gasteiger partial charge is 0.381 e. The number of halogens is 1. The molecule has 6 heteroatoms. The van der Waals surface area contributed by atoms with Crippen molar-refractivity contribution in [1.29, 1.82) is 0 Å². The van der Waals surface area contributed by atoms with Crippen molar-refractivity contribution in [2.75, 3.05) is 5.73 Å². The quantitative estimate of drug-likeness (QED) is 0.857. The first-order valence-corrected chi connectivity index (χ1v) is 5.01. The summed E-state index contributed by atoms with van der Waals surface area (Å²) in [6.45, 7) is 3.50. The highest BCUT2D eigenvalue weighted by atomic mass is 35.5. The lowest BCUT2D eigenvalue weighted by Gasteiger charge is -2.04. The maximum atomic E-state index is 5.79. The minimum Gasteiger partial charge on any atom is -0.381 e. The van der Waals surface area contributed by atoms with Crippen LogP contribution < -0.4 is 5.73 Å². The van der Waals surface area contributed by atoms with Crippen molar-refractivity contribution in [2.24, 2.45) is 0 Å². The number of hydrogen-bond donors (Lipinski definition) is 1. The lowest BCUT2D eigenvalue weighted by atomic mass is 10.5. The second kappa shape index (κ2) is 3.94. The van der Waals surface area contributed by atoms with E-state index in [1.165, 1.54) is 0 Å². The fourth-order valence-corrected chi connectivity index (χ4v) is 1.53. The molecule has 2 aromatic rings. The molecule has 0 saturated carbocycles. The van der Waals surface area contributed by atoms with Crippen molar-refractivity contribution in [2.45, 2.75) is 20.0 Å². The number of nitrogens with two attached hydrogens (primary N) is 1. The average molecular weight is 226 g/mol. The van der Waals surface area contributed by atoms with Gasteiger partial charge in [0.1, 0.15) is 10.8 Å². The summed E-state index contributed by atoms with van der Waals surface area (Å²) in [6, 6.07) is 0. The van der Waals surface area contributed by atoms with Gasteiger partial charge in [-0.1, -0.05) is 11.6 Å². The molecule has 0 unspecified atom stereocenters. The number of aromatic nitrogens is 4. The van der Waals surface area contributed by atoms with Crippen molar-refractivity contribution in [3.63, 3.8) is 0 Å². The van der Waals surface area contributed by atoms with Crippen molar-refractivity contribution < 1.29 is 0 Å². The number of aryl methyl sites for hydroxylation is 3. The second-order valence-electron chi connectivity index (χ2n) is 3.29. The fourth-order valence-electron chi connectivity index (χ4n) is 1.38. The number of nitrogen functional groups attached to an aromatic ring is 1. The molecule has 0 aliphatic carbocycles. The Bertz CT molecular complexity index is 439. The molecular weight excluding hydrogens is 214 g/mol. The van der Waals surface area contributed by atoms with Crippen LogP contribution in [0.4, 0.5) is 5.82 Å². The maximum absolute atomic E-state index is 5.79. The first-order valence-electron chi connectivity index (χ1n) is 4.63. The molecule has 0 spiro atoms. The van der Waals surface area contributed by atoms with Gasteiger partial charge in [-0.2, -0.15) is 5.10 Å². The van der Waals surface area contributed by atoms with E-state index in [1.807, 2.05) is 17.7 Å². The molecule has 80 valence electrons. The lowest BCUT2D eigenvalue weighted by Crippen LogP contribution is -2.08. The molecule has 0 aliphatic rings. The molecule has 5 nitrogen and oxygen atoms in total. The Morgan fingerprint density at radius 1 is 1.47 bits per heavy atom. The molecule has 0 atom stereocenters. The third kappa shape index (κ3) is 2.12. The van der Waals surface area contributed by atoms with E-state index in [2.05, 4.69) is 10.1 Å². The van der Waals surface area contributed by atoms with E-state index in [-0.39, 0.29) is 0 Å². The Morgan fingerprint density at radius 3 is 2.80 bits per heavy atom. The third-order valence-corrected chi connectivity index (χ3v) is 2.53. The van der Waals surface area contributed by atoms with Crippen LogP contribution in [-0.4, -0.2) is 19.3 Å². The minimum absolute atomic E-state index is 0.374. The zero-order valence-electron chi connectivity index (χ0n) is 8.39. The zero-order chi connectivity index (χ0) is 10.8. The van der Waals surface area contributed by atoms with Crippen LogP contribution >= 0.6 is 11.6 Å². The van der Waals surface area contributed by atoms with Crippen LogP contribution in [0.3, 0.4) is 0 Å². The summed E-state index contributed by atoms with van der Waals surface area (Å²) in [5, 5.41) is 4.57. The van der Waals surface area contributed by atoms with Crippen LogP contribution in [0.1, 0.15) is 5.82 Å². The van der Waals surface area contributed by atoms with Crippen LogP contribution in [0.25, 0.3) is 0 Å². The van der Waals surface area contributed by atoms with Gasteiger partial charge in [0, 0.05) is 25.1 Å². The smallest absolute Gasteiger partial charge is 0.164 e. The summed E-state index contributed by atoms with van der Waals surface area (Å²) in [7, 11) is 0. The number of nitrogens with zero attached hydrogens (tertiary/aromatic N) is 4. The highest BCUT2D eigenvalue weighted by molar-refractivity contribution is 6.32. The van der Waals surface area contributed by atoms with E-state index in [0.29, 0.717) is 10.8 Å². The molecule has 0 aromatic carbocycles. The monoisotopic (exact) mass is 225 g/mol. The van der Waals surface area contributed by atoms with Crippen molar-refractivity contribution in [1.82, 2.24) is 19.3 Å². The number of imidazole rings is 1. The zero-order valence-corrected chi connectivity index (χ0v) is 9.15. The van der Waals surface area contributed by atoms with Crippen LogP contribution in [0, 0.1) is 6.92 Å². The van der Waals surface area contributed by atoms with Gasteiger partial charge in [-0.3, -0.25) is 4.68 Å². The van der Waals surface area contributed by atoms with Crippen molar-refractivity contribution >= 4 is 17.4 Å². The Kier molecular flexibility index (Phi) is 2.64. The van der Waals surface area contributed by atoms with E-state index in [0.717, 1.165) is 18.9 Å². The van der Waals surface area contributed by atoms with Crippen LogP contribution in [-0.2, 0) is 13.1 Å². The summed E-state index contributed by atoms with van der Waals surface area (Å²) in [5.74, 6) is 1.36. The second-order valence-corrected chi connectivity index (χ2v) is 3.70. The summed E-state index contributed by atoms with van der Waals surface area (Å²) in [6.07, 6.45) is 5.44. The topological polar surface area (TPSA) is 61.7 Å². The van der Waals surface area contributed by atoms with E-state index in [1.54, 1.807) is 17.1 Å². The predicted octanol–water partition coefficient (Wildman–Crippen LogP) is 1.32. The van der Waals surface area contributed by atoms with Crippen molar-refractivity contribution in [3.05, 3.63) is 29.4 Å². The molecule has 2 aromatic heterocycles. The van der Waals surface area contributed by atoms with Gasteiger partial charge >= 0.3 is 0 Å². The normalized spacial score (nSPS) is 10.8. The minimum atomic E-state index is 0.374. The van der Waals surface area contributed by atoms with Gasteiger partial charge in [0.05, 0.1) is 6.54 Å². The highest BCUT2D eigenvalue weighted by Gasteiger charge is 2.03. The molecule has 0 amide bonds. The molecule has 0 saturated heterocycles. The van der Waals surface area contributed by atoms with E-state index in [4.69, 9.17) is 17.3 Å². The Morgan fingerprint density at radius 2 is 2.27 bits per heavy atom. The number of rotatable bonds is 3. The molecule has 2 N–H and O–H groups in total. The van der Waals surface area contributed by atoms with Gasteiger partial charge in [0.25, 0.3) is 0 Å². The maximum Gasteiger partial charge on any atom is 0.164 e. The third-order valence-electron chi connectivity index (χ3n) is 2.24. The highest BCUT2D eigenvalue weighted by Crippen LogP contribution is 2.15. The Labute approximate surface area is 92.5 Å². The Balaban J connectivity index is 2.02. The molecule has 0 aliphatic heterocycles. The summed E-state index contributed by atoms with van der Waals surface area (Å²) < 4.78 is 3.78. The van der Waals surface area contributed by atoms with Crippen LogP contribution in [0.2, 0.25) is 5.02 Å². The predicted molar refractivity (Wildman–Crippen MR) is 58.6 cm³/mol. The molecule has 0 fully saturated rings. The molecule has 0 bridgehead atoms. The van der Waals surface area contributed by atoms with Crippen LogP contribution in [0.5, 0.6) is 0 Å². The number of hydrogen-bond acceptors (Lipinski definition) is 3. The van der Waals surface area contributed by atoms with Gasteiger partial charge in [-0.05, 0) is 6.92 Å². The molecule has 2 rings (SSSR count).